The van der Waals surface area contributed by atoms with E-state index in [4.69, 9.17) is 14.2 Å². The summed E-state index contributed by atoms with van der Waals surface area (Å²) in [6.07, 6.45) is -0.279. The predicted molar refractivity (Wildman–Crippen MR) is 149 cm³/mol. The maximum atomic E-state index is 14.5. The number of imide groups is 1. The number of aryl methyl sites for hydroxylation is 2. The number of hydrogen-bond acceptors (Lipinski definition) is 7. The quantitative estimate of drug-likeness (QED) is 0.369. The minimum Gasteiger partial charge on any atom is -0.494 e. The summed E-state index contributed by atoms with van der Waals surface area (Å²) in [7, 11) is -4.24. The molecule has 0 saturated carbocycles. The van der Waals surface area contributed by atoms with Crippen molar-refractivity contribution in [3.8, 4) is 17.2 Å². The largest absolute Gasteiger partial charge is 0.494 e. The van der Waals surface area contributed by atoms with Crippen LogP contribution in [0.1, 0.15) is 41.2 Å². The molecule has 0 N–H and O–H groups in total. The van der Waals surface area contributed by atoms with E-state index in [1.165, 1.54) is 0 Å². The molecule has 1 fully saturated rings. The number of benzene rings is 3. The van der Waals surface area contributed by atoms with Crippen LogP contribution >= 0.6 is 0 Å². The van der Waals surface area contributed by atoms with Crippen molar-refractivity contribution >= 4 is 27.5 Å². The third-order valence-corrected chi connectivity index (χ3v) is 9.64. The van der Waals surface area contributed by atoms with Gasteiger partial charge in [-0.15, -0.1) is 0 Å². The fraction of sp³-hybridized carbons (Fsp3) is 0.333. The molecule has 40 heavy (non-hydrogen) atoms. The number of carbonyl (C=O) groups excluding carboxylic acids is 2. The third kappa shape index (κ3) is 4.82. The number of anilines is 1. The van der Waals surface area contributed by atoms with Crippen LogP contribution < -0.4 is 19.1 Å². The molecule has 2 heterocycles. The summed E-state index contributed by atoms with van der Waals surface area (Å²) in [4.78, 5) is 28.3. The normalized spacial score (nSPS) is 16.8. The molecule has 2 aliphatic rings. The lowest BCUT2D eigenvalue weighted by Gasteiger charge is -2.29. The fourth-order valence-electron chi connectivity index (χ4n) is 5.24. The molecule has 0 radical (unpaired) electrons. The number of fused-ring (bicyclic) bond motifs is 1. The molecule has 3 aromatic rings. The third-order valence-electron chi connectivity index (χ3n) is 7.52. The van der Waals surface area contributed by atoms with E-state index in [1.54, 1.807) is 56.3 Å². The van der Waals surface area contributed by atoms with Gasteiger partial charge in [0.1, 0.15) is 11.8 Å². The Labute approximate surface area is 234 Å². The summed E-state index contributed by atoms with van der Waals surface area (Å²) in [5.74, 6) is 0.596. The molecule has 1 unspecified atom stereocenters. The smallest absolute Gasteiger partial charge is 0.252 e. The van der Waals surface area contributed by atoms with Gasteiger partial charge in [-0.3, -0.25) is 9.59 Å². The molecule has 3 aromatic carbocycles. The van der Waals surface area contributed by atoms with Crippen molar-refractivity contribution in [2.75, 3.05) is 18.3 Å². The van der Waals surface area contributed by atoms with E-state index in [2.05, 4.69) is 0 Å². The molecule has 5 rings (SSSR count). The van der Waals surface area contributed by atoms with E-state index in [9.17, 15) is 18.0 Å². The molecule has 0 spiro atoms. The van der Waals surface area contributed by atoms with Gasteiger partial charge in [0, 0.05) is 6.54 Å². The highest BCUT2D eigenvalue weighted by Crippen LogP contribution is 2.37. The monoisotopic (exact) mass is 564 g/mol. The van der Waals surface area contributed by atoms with Crippen LogP contribution in [0.4, 0.5) is 5.69 Å². The highest BCUT2D eigenvalue weighted by atomic mass is 32.2. The van der Waals surface area contributed by atoms with E-state index < -0.39 is 27.9 Å². The molecular weight excluding hydrogens is 532 g/mol. The van der Waals surface area contributed by atoms with Crippen LogP contribution in [0.15, 0.2) is 53.4 Å². The molecule has 0 bridgehead atoms. The van der Waals surface area contributed by atoms with E-state index in [1.807, 2.05) is 26.8 Å². The lowest BCUT2D eigenvalue weighted by atomic mass is 10.0. The number of sulfonamides is 1. The highest BCUT2D eigenvalue weighted by Gasteiger charge is 2.47. The van der Waals surface area contributed by atoms with Crippen molar-refractivity contribution in [3.05, 3.63) is 76.3 Å². The van der Waals surface area contributed by atoms with Crippen LogP contribution in [0.2, 0.25) is 0 Å². The Hall–Kier alpha value is -3.89. The van der Waals surface area contributed by atoms with E-state index in [-0.39, 0.29) is 24.7 Å². The molecule has 9 nitrogen and oxygen atoms in total. The van der Waals surface area contributed by atoms with Gasteiger partial charge < -0.3 is 14.2 Å². The Morgan fingerprint density at radius 3 is 2.23 bits per heavy atom. The summed E-state index contributed by atoms with van der Waals surface area (Å²) in [6, 6.07) is 12.5. The summed E-state index contributed by atoms with van der Waals surface area (Å²) < 4.78 is 46.5. The van der Waals surface area contributed by atoms with E-state index >= 15 is 0 Å². The second kappa shape index (κ2) is 10.6. The van der Waals surface area contributed by atoms with Crippen molar-refractivity contribution in [3.63, 3.8) is 0 Å². The zero-order chi connectivity index (χ0) is 28.8. The zero-order valence-corrected chi connectivity index (χ0v) is 24.0. The van der Waals surface area contributed by atoms with Crippen LogP contribution in [-0.2, 0) is 26.2 Å². The van der Waals surface area contributed by atoms with Crippen LogP contribution in [-0.4, -0.2) is 44.0 Å². The maximum Gasteiger partial charge on any atom is 0.252 e. The molecule has 0 aromatic heterocycles. The average molecular weight is 565 g/mol. The van der Waals surface area contributed by atoms with Crippen molar-refractivity contribution in [1.29, 1.82) is 0 Å². The molecule has 2 amide bonds. The van der Waals surface area contributed by atoms with Crippen LogP contribution in [0, 0.1) is 27.7 Å². The maximum absolute atomic E-state index is 14.5. The molecule has 1 atom stereocenters. The second-order valence-electron chi connectivity index (χ2n) is 10.0. The number of amides is 2. The fourth-order valence-corrected chi connectivity index (χ4v) is 7.39. The number of hydrogen-bond donors (Lipinski definition) is 0. The predicted octanol–water partition coefficient (Wildman–Crippen LogP) is 4.57. The van der Waals surface area contributed by atoms with Gasteiger partial charge in [0.15, 0.2) is 11.5 Å². The molecule has 2 aliphatic heterocycles. The van der Waals surface area contributed by atoms with Gasteiger partial charge in [-0.2, -0.15) is 4.31 Å². The Morgan fingerprint density at radius 1 is 0.925 bits per heavy atom. The number of carbonyl (C=O) groups is 2. The summed E-state index contributed by atoms with van der Waals surface area (Å²) in [5.41, 5.74) is 3.84. The van der Waals surface area contributed by atoms with Crippen molar-refractivity contribution in [2.24, 2.45) is 0 Å². The zero-order valence-electron chi connectivity index (χ0n) is 23.2. The van der Waals surface area contributed by atoms with Gasteiger partial charge >= 0.3 is 0 Å². The Kier molecular flexibility index (Phi) is 7.32. The van der Waals surface area contributed by atoms with Gasteiger partial charge in [-0.25, -0.2) is 13.3 Å². The standard InChI is InChI=1S/C30H32N2O7S/c1-6-37-24-10-8-23(9-11-24)32-28(33)15-25(30(32)34)31(16-22-7-12-26-27(14-22)39-17-38-26)40(35,36)29-20(4)18(2)13-19(3)21(29)5/h7-14,25H,6,15-17H2,1-5H3. The van der Waals surface area contributed by atoms with Gasteiger partial charge in [0.25, 0.3) is 5.91 Å². The van der Waals surface area contributed by atoms with Crippen molar-refractivity contribution < 1.29 is 32.2 Å². The molecule has 0 aliphatic carbocycles. The first-order valence-corrected chi connectivity index (χ1v) is 14.5. The first kappa shape index (κ1) is 27.7. The minimum absolute atomic E-state index is 0.0778. The Bertz CT molecular complexity index is 1570. The van der Waals surface area contributed by atoms with Crippen LogP contribution in [0.3, 0.4) is 0 Å². The SMILES string of the molecule is CCOc1ccc(N2C(=O)CC(N(Cc3ccc4c(c3)OCO4)S(=O)(=O)c3c(C)c(C)cc(C)c3C)C2=O)cc1. The topological polar surface area (TPSA) is 102 Å². The van der Waals surface area contributed by atoms with Gasteiger partial charge in [0.2, 0.25) is 22.7 Å². The van der Waals surface area contributed by atoms with Crippen molar-refractivity contribution in [1.82, 2.24) is 4.31 Å². The first-order chi connectivity index (χ1) is 19.0. The number of rotatable bonds is 8. The number of ether oxygens (including phenoxy) is 3. The Morgan fingerprint density at radius 2 is 1.57 bits per heavy atom. The highest BCUT2D eigenvalue weighted by molar-refractivity contribution is 7.89. The lowest BCUT2D eigenvalue weighted by Crippen LogP contribution is -2.45. The summed E-state index contributed by atoms with van der Waals surface area (Å²) >= 11 is 0. The van der Waals surface area contributed by atoms with Gasteiger partial charge in [-0.05, 0) is 98.8 Å². The van der Waals surface area contributed by atoms with Crippen LogP contribution in [0.25, 0.3) is 0 Å². The lowest BCUT2D eigenvalue weighted by molar-refractivity contribution is -0.122. The average Bonchev–Trinajstić information content (AvgIpc) is 3.50. The number of nitrogens with zero attached hydrogens (tertiary/aromatic N) is 2. The van der Waals surface area contributed by atoms with Gasteiger partial charge in [0.05, 0.1) is 23.6 Å². The Balaban J connectivity index is 1.58. The molecule has 1 saturated heterocycles. The molecule has 210 valence electrons. The molecular formula is C30H32N2O7S. The van der Waals surface area contributed by atoms with E-state index in [0.717, 1.165) is 20.3 Å². The van der Waals surface area contributed by atoms with Crippen LogP contribution in [0.5, 0.6) is 17.2 Å². The summed E-state index contributed by atoms with van der Waals surface area (Å²) in [6.45, 7) is 9.54. The summed E-state index contributed by atoms with van der Waals surface area (Å²) in [5, 5.41) is 0. The first-order valence-electron chi connectivity index (χ1n) is 13.1. The second-order valence-corrected chi connectivity index (χ2v) is 11.9. The minimum atomic E-state index is -4.24. The van der Waals surface area contributed by atoms with E-state index in [0.29, 0.717) is 46.2 Å². The van der Waals surface area contributed by atoms with Gasteiger partial charge in [-0.1, -0.05) is 12.1 Å². The van der Waals surface area contributed by atoms with Crippen molar-refractivity contribution in [2.45, 2.75) is 58.5 Å². The molecule has 10 heteroatoms.